The quantitative estimate of drug-likeness (QED) is 0.735. The number of aryl methyl sites for hydroxylation is 1. The number of thiophene rings is 1. The third-order valence-corrected chi connectivity index (χ3v) is 8.26. The van der Waals surface area contributed by atoms with Gasteiger partial charge in [0.15, 0.2) is 0 Å². The van der Waals surface area contributed by atoms with Crippen LogP contribution in [-0.4, -0.2) is 57.8 Å². The van der Waals surface area contributed by atoms with Crippen molar-refractivity contribution in [3.63, 3.8) is 0 Å². The van der Waals surface area contributed by atoms with Gasteiger partial charge < -0.3 is 9.80 Å². The van der Waals surface area contributed by atoms with Crippen LogP contribution in [0.2, 0.25) is 0 Å². The first-order valence-corrected chi connectivity index (χ1v) is 11.8. The van der Waals surface area contributed by atoms with Crippen molar-refractivity contribution in [3.05, 3.63) is 27.1 Å². The summed E-state index contributed by atoms with van der Waals surface area (Å²) in [6.07, 6.45) is 6.68. The van der Waals surface area contributed by atoms with Gasteiger partial charge in [-0.2, -0.15) is 0 Å². The van der Waals surface area contributed by atoms with E-state index >= 15 is 0 Å². The average molecular weight is 429 g/mol. The van der Waals surface area contributed by atoms with Gasteiger partial charge >= 0.3 is 0 Å². The van der Waals surface area contributed by atoms with E-state index in [2.05, 4.69) is 11.9 Å². The van der Waals surface area contributed by atoms with Crippen molar-refractivity contribution in [2.75, 3.05) is 26.7 Å². The molecule has 0 unspecified atom stereocenters. The highest BCUT2D eigenvalue weighted by molar-refractivity contribution is 7.18. The van der Waals surface area contributed by atoms with Gasteiger partial charge in [-0.05, 0) is 43.6 Å². The maximum absolute atomic E-state index is 13.3. The summed E-state index contributed by atoms with van der Waals surface area (Å²) in [5.74, 6) is 0.569. The van der Waals surface area contributed by atoms with Gasteiger partial charge in [0, 0.05) is 44.0 Å². The van der Waals surface area contributed by atoms with E-state index in [1.54, 1.807) is 29.6 Å². The van der Waals surface area contributed by atoms with E-state index in [0.29, 0.717) is 32.0 Å². The van der Waals surface area contributed by atoms with Crippen LogP contribution in [0.5, 0.6) is 0 Å². The number of piperidine rings is 1. The van der Waals surface area contributed by atoms with E-state index in [-0.39, 0.29) is 29.3 Å². The first-order valence-electron chi connectivity index (χ1n) is 11.0. The molecule has 4 heterocycles. The summed E-state index contributed by atoms with van der Waals surface area (Å²) in [5.41, 5.74) is 1.31. The molecule has 0 aromatic carbocycles. The highest BCUT2D eigenvalue weighted by Crippen LogP contribution is 2.36. The number of nitrogens with zero attached hydrogens (tertiary/aromatic N) is 4. The molecule has 0 N–H and O–H groups in total. The molecule has 0 spiro atoms. The molecule has 2 saturated heterocycles. The van der Waals surface area contributed by atoms with Crippen molar-refractivity contribution in [3.8, 4) is 0 Å². The summed E-state index contributed by atoms with van der Waals surface area (Å²) < 4.78 is 1.81. The molecule has 160 valence electrons. The van der Waals surface area contributed by atoms with Crippen LogP contribution in [0.3, 0.4) is 0 Å². The molecule has 8 heteroatoms. The summed E-state index contributed by atoms with van der Waals surface area (Å²) in [6.45, 7) is 4.04. The van der Waals surface area contributed by atoms with Gasteiger partial charge in [0.2, 0.25) is 11.8 Å². The zero-order valence-corrected chi connectivity index (χ0v) is 18.4. The predicted molar refractivity (Wildman–Crippen MR) is 116 cm³/mol. The van der Waals surface area contributed by atoms with Crippen LogP contribution in [0.25, 0.3) is 10.2 Å². The van der Waals surface area contributed by atoms with Crippen LogP contribution in [0.4, 0.5) is 0 Å². The molecular formula is C22H28N4O3S. The lowest BCUT2D eigenvalue weighted by molar-refractivity contribution is -0.137. The molecule has 2 aromatic heterocycles. The van der Waals surface area contributed by atoms with Crippen LogP contribution < -0.4 is 5.56 Å². The van der Waals surface area contributed by atoms with Crippen LogP contribution in [0.15, 0.2) is 11.1 Å². The molecule has 2 amide bonds. The van der Waals surface area contributed by atoms with Crippen LogP contribution >= 0.6 is 11.3 Å². The van der Waals surface area contributed by atoms with Gasteiger partial charge in [0.25, 0.3) is 5.56 Å². The first-order chi connectivity index (χ1) is 14.4. The second-order valence-electron chi connectivity index (χ2n) is 9.22. The molecule has 7 nitrogen and oxygen atoms in total. The van der Waals surface area contributed by atoms with E-state index in [1.165, 1.54) is 10.4 Å². The Morgan fingerprint density at radius 3 is 2.63 bits per heavy atom. The summed E-state index contributed by atoms with van der Waals surface area (Å²) >= 11 is 1.68. The normalized spacial score (nSPS) is 25.2. The fraction of sp³-hybridized carbons (Fsp3) is 0.636. The molecule has 2 aliphatic heterocycles. The smallest absolute Gasteiger partial charge is 0.262 e. The second kappa shape index (κ2) is 7.48. The Kier molecular flexibility index (Phi) is 4.92. The van der Waals surface area contributed by atoms with E-state index in [0.717, 1.165) is 42.3 Å². The molecule has 0 radical (unpaired) electrons. The predicted octanol–water partition coefficient (Wildman–Crippen LogP) is 2.22. The minimum absolute atomic E-state index is 0.0441. The van der Waals surface area contributed by atoms with Crippen LogP contribution in [0, 0.1) is 11.8 Å². The average Bonchev–Trinajstić information content (AvgIpc) is 3.27. The van der Waals surface area contributed by atoms with Crippen molar-refractivity contribution in [2.45, 2.75) is 51.5 Å². The highest BCUT2D eigenvalue weighted by Gasteiger charge is 2.36. The van der Waals surface area contributed by atoms with Crippen molar-refractivity contribution in [2.24, 2.45) is 11.8 Å². The Morgan fingerprint density at radius 2 is 1.93 bits per heavy atom. The molecule has 0 saturated carbocycles. The maximum Gasteiger partial charge on any atom is 0.262 e. The number of carbonyl (C=O) groups is 2. The third-order valence-electron chi connectivity index (χ3n) is 7.10. The summed E-state index contributed by atoms with van der Waals surface area (Å²) in [6, 6.07) is 0.0735. The van der Waals surface area contributed by atoms with Gasteiger partial charge in [-0.15, -0.1) is 11.3 Å². The number of amides is 2. The lowest BCUT2D eigenvalue weighted by Gasteiger charge is -2.34. The topological polar surface area (TPSA) is 75.5 Å². The molecule has 2 atom stereocenters. The molecule has 1 aliphatic carbocycles. The minimum Gasteiger partial charge on any atom is -0.345 e. The van der Waals surface area contributed by atoms with E-state index in [9.17, 15) is 14.4 Å². The van der Waals surface area contributed by atoms with E-state index < -0.39 is 0 Å². The van der Waals surface area contributed by atoms with Crippen molar-refractivity contribution >= 4 is 33.4 Å². The molecule has 3 aliphatic rings. The molecule has 2 fully saturated rings. The van der Waals surface area contributed by atoms with Crippen molar-refractivity contribution < 1.29 is 9.59 Å². The molecule has 30 heavy (non-hydrogen) atoms. The van der Waals surface area contributed by atoms with Gasteiger partial charge in [-0.25, -0.2) is 4.98 Å². The zero-order valence-electron chi connectivity index (χ0n) is 17.6. The first kappa shape index (κ1) is 19.7. The van der Waals surface area contributed by atoms with Gasteiger partial charge in [-0.1, -0.05) is 6.92 Å². The van der Waals surface area contributed by atoms with Gasteiger partial charge in [0.05, 0.1) is 17.6 Å². The fourth-order valence-electron chi connectivity index (χ4n) is 5.26. The number of hydrogen-bond acceptors (Lipinski definition) is 5. The van der Waals surface area contributed by atoms with Gasteiger partial charge in [0.1, 0.15) is 4.83 Å². The number of rotatable bonds is 2. The Hall–Kier alpha value is -2.22. The Bertz CT molecular complexity index is 1070. The van der Waals surface area contributed by atoms with E-state index in [4.69, 9.17) is 0 Å². The standard InChI is InChI=1S/C22H28N4O3S/c1-13-3-4-16-17(9-13)30-20-19(16)22(29)26(12-23-20)15-5-7-25(8-6-15)21(28)14-10-18(27)24(2)11-14/h12-15H,3-11H2,1-2H3/t13-,14-/m0/s1. The summed E-state index contributed by atoms with van der Waals surface area (Å²) in [4.78, 5) is 48.3. The zero-order chi connectivity index (χ0) is 21.0. The number of hydrogen-bond donors (Lipinski definition) is 0. The number of carbonyl (C=O) groups excluding carboxylic acids is 2. The molecule has 0 bridgehead atoms. The largest absolute Gasteiger partial charge is 0.345 e. The molecule has 5 rings (SSSR count). The second-order valence-corrected chi connectivity index (χ2v) is 10.3. The Balaban J connectivity index is 1.33. The Labute approximate surface area is 179 Å². The number of aromatic nitrogens is 2. The van der Waals surface area contributed by atoms with E-state index in [1.807, 2.05) is 9.47 Å². The van der Waals surface area contributed by atoms with Crippen molar-refractivity contribution in [1.82, 2.24) is 19.4 Å². The maximum atomic E-state index is 13.3. The number of fused-ring (bicyclic) bond motifs is 3. The molecular weight excluding hydrogens is 400 g/mol. The summed E-state index contributed by atoms with van der Waals surface area (Å²) in [5, 5.41) is 0.829. The molecule has 2 aromatic rings. The Morgan fingerprint density at radius 1 is 1.17 bits per heavy atom. The van der Waals surface area contributed by atoms with Crippen LogP contribution in [0.1, 0.15) is 49.1 Å². The van der Waals surface area contributed by atoms with Gasteiger partial charge in [-0.3, -0.25) is 19.0 Å². The lowest BCUT2D eigenvalue weighted by Crippen LogP contribution is -2.43. The lowest BCUT2D eigenvalue weighted by atomic mass is 9.89. The summed E-state index contributed by atoms with van der Waals surface area (Å²) in [7, 11) is 1.75. The van der Waals surface area contributed by atoms with Crippen molar-refractivity contribution in [1.29, 1.82) is 0 Å². The monoisotopic (exact) mass is 428 g/mol. The fourth-order valence-corrected chi connectivity index (χ4v) is 6.60. The minimum atomic E-state index is -0.223. The van der Waals surface area contributed by atoms with Crippen LogP contribution in [-0.2, 0) is 22.4 Å². The highest BCUT2D eigenvalue weighted by atomic mass is 32.1. The SMILES string of the molecule is C[C@H]1CCc2c(sc3ncn(C4CCN(C(=O)[C@H]5CC(=O)N(C)C5)CC4)c(=O)c23)C1. The third kappa shape index (κ3) is 3.25. The number of likely N-dealkylation sites (tertiary alicyclic amines) is 2.